The van der Waals surface area contributed by atoms with E-state index in [1.807, 2.05) is 25.5 Å². The number of hydrogen-bond acceptors (Lipinski definition) is 1. The fraction of sp³-hybridized carbons (Fsp3) is 0.357. The van der Waals surface area contributed by atoms with Crippen LogP contribution in [0.3, 0.4) is 0 Å². The second-order valence-corrected chi connectivity index (χ2v) is 5.67. The summed E-state index contributed by atoms with van der Waals surface area (Å²) in [5.74, 6) is 0.413. The molecule has 1 aromatic carbocycles. The highest BCUT2D eigenvalue weighted by molar-refractivity contribution is 6.34. The lowest BCUT2D eigenvalue weighted by molar-refractivity contribution is 0.788. The summed E-state index contributed by atoms with van der Waals surface area (Å²) in [5.41, 5.74) is 3.45. The van der Waals surface area contributed by atoms with Crippen LogP contribution in [0, 0.1) is 0 Å². The van der Waals surface area contributed by atoms with Crippen molar-refractivity contribution in [2.24, 2.45) is 7.05 Å². The molecule has 0 unspecified atom stereocenters. The maximum atomic E-state index is 6.03. The highest BCUT2D eigenvalue weighted by Crippen LogP contribution is 2.24. The van der Waals surface area contributed by atoms with Crippen LogP contribution in [0.25, 0.3) is 0 Å². The topological polar surface area (TPSA) is 17.8 Å². The molecule has 0 radical (unpaired) electrons. The standard InChI is InChI=1S/C14H16Cl2N2/c1-9(2)14-13(18(3)8-17-14)6-10-4-11(15)7-12(16)5-10/h4-5,7-9H,6H2,1-3H3. The van der Waals surface area contributed by atoms with E-state index in [4.69, 9.17) is 23.2 Å². The Bertz CT molecular complexity index is 539. The molecule has 0 aliphatic heterocycles. The Morgan fingerprint density at radius 2 is 1.78 bits per heavy atom. The highest BCUT2D eigenvalue weighted by atomic mass is 35.5. The number of aromatic nitrogens is 2. The minimum atomic E-state index is 0.413. The number of hydrogen-bond donors (Lipinski definition) is 0. The van der Waals surface area contributed by atoms with Crippen molar-refractivity contribution in [2.75, 3.05) is 0 Å². The second kappa shape index (κ2) is 5.33. The van der Waals surface area contributed by atoms with Crippen molar-refractivity contribution in [2.45, 2.75) is 26.2 Å². The first-order chi connectivity index (χ1) is 8.47. The summed E-state index contributed by atoms with van der Waals surface area (Å²) >= 11 is 12.1. The third-order valence-corrected chi connectivity index (χ3v) is 3.37. The van der Waals surface area contributed by atoms with Gasteiger partial charge in [0.05, 0.1) is 12.0 Å². The van der Waals surface area contributed by atoms with E-state index in [1.54, 1.807) is 6.07 Å². The van der Waals surface area contributed by atoms with E-state index >= 15 is 0 Å². The van der Waals surface area contributed by atoms with Crippen LogP contribution in [0.2, 0.25) is 10.0 Å². The summed E-state index contributed by atoms with van der Waals surface area (Å²) < 4.78 is 2.06. The van der Waals surface area contributed by atoms with Gasteiger partial charge in [-0.05, 0) is 29.7 Å². The number of aryl methyl sites for hydroxylation is 1. The van der Waals surface area contributed by atoms with Crippen molar-refractivity contribution in [1.82, 2.24) is 9.55 Å². The summed E-state index contributed by atoms with van der Waals surface area (Å²) in [6.45, 7) is 4.30. The quantitative estimate of drug-likeness (QED) is 0.814. The monoisotopic (exact) mass is 282 g/mol. The summed E-state index contributed by atoms with van der Waals surface area (Å²) in [7, 11) is 2.01. The lowest BCUT2D eigenvalue weighted by Gasteiger charge is -2.09. The first kappa shape index (κ1) is 13.4. The predicted molar refractivity (Wildman–Crippen MR) is 76.6 cm³/mol. The molecule has 0 fully saturated rings. The summed E-state index contributed by atoms with van der Waals surface area (Å²) in [6.07, 6.45) is 2.65. The van der Waals surface area contributed by atoms with Gasteiger partial charge in [0.2, 0.25) is 0 Å². The Labute approximate surface area is 118 Å². The van der Waals surface area contributed by atoms with Gasteiger partial charge in [-0.2, -0.15) is 0 Å². The summed E-state index contributed by atoms with van der Waals surface area (Å²) in [5, 5.41) is 1.34. The number of halogens is 2. The van der Waals surface area contributed by atoms with Crippen LogP contribution in [0.4, 0.5) is 0 Å². The Morgan fingerprint density at radius 1 is 1.17 bits per heavy atom. The first-order valence-corrected chi connectivity index (χ1v) is 6.68. The van der Waals surface area contributed by atoms with Gasteiger partial charge in [-0.1, -0.05) is 37.0 Å². The Balaban J connectivity index is 2.36. The number of benzene rings is 1. The molecule has 96 valence electrons. The molecule has 2 aromatic rings. The molecule has 18 heavy (non-hydrogen) atoms. The third-order valence-electron chi connectivity index (χ3n) is 2.93. The molecule has 0 aliphatic rings. The molecule has 0 bridgehead atoms. The zero-order chi connectivity index (χ0) is 13.3. The molecule has 1 aromatic heterocycles. The maximum absolute atomic E-state index is 6.03. The predicted octanol–water partition coefficient (Wildman–Crippen LogP) is 4.44. The van der Waals surface area contributed by atoms with Crippen molar-refractivity contribution in [1.29, 1.82) is 0 Å². The Hall–Kier alpha value is -0.990. The normalized spacial score (nSPS) is 11.2. The van der Waals surface area contributed by atoms with E-state index in [0.717, 1.165) is 17.7 Å². The molecule has 4 heteroatoms. The molecule has 0 saturated heterocycles. The molecule has 0 spiro atoms. The molecule has 0 amide bonds. The van der Waals surface area contributed by atoms with Crippen LogP contribution in [-0.2, 0) is 13.5 Å². The van der Waals surface area contributed by atoms with Crippen LogP contribution < -0.4 is 0 Å². The lowest BCUT2D eigenvalue weighted by Crippen LogP contribution is -2.02. The average molecular weight is 283 g/mol. The molecule has 1 heterocycles. The second-order valence-electron chi connectivity index (χ2n) is 4.80. The zero-order valence-corrected chi connectivity index (χ0v) is 12.3. The van der Waals surface area contributed by atoms with Gasteiger partial charge in [-0.15, -0.1) is 0 Å². The molecule has 2 nitrogen and oxygen atoms in total. The van der Waals surface area contributed by atoms with Crippen LogP contribution in [-0.4, -0.2) is 9.55 Å². The van der Waals surface area contributed by atoms with Crippen LogP contribution >= 0.6 is 23.2 Å². The lowest BCUT2D eigenvalue weighted by atomic mass is 10.0. The van der Waals surface area contributed by atoms with Gasteiger partial charge >= 0.3 is 0 Å². The SMILES string of the molecule is CC(C)c1ncn(C)c1Cc1cc(Cl)cc(Cl)c1. The van der Waals surface area contributed by atoms with Gasteiger partial charge in [0.25, 0.3) is 0 Å². The third kappa shape index (κ3) is 2.88. The number of nitrogens with zero attached hydrogens (tertiary/aromatic N) is 2. The molecular weight excluding hydrogens is 267 g/mol. The van der Waals surface area contributed by atoms with Gasteiger partial charge in [0, 0.05) is 29.2 Å². The molecular formula is C14H16Cl2N2. The fourth-order valence-electron chi connectivity index (χ4n) is 2.08. The molecule has 0 atom stereocenters. The smallest absolute Gasteiger partial charge is 0.0949 e. The first-order valence-electron chi connectivity index (χ1n) is 5.92. The van der Waals surface area contributed by atoms with Gasteiger partial charge in [-0.25, -0.2) is 4.98 Å². The minimum absolute atomic E-state index is 0.413. The van der Waals surface area contributed by atoms with Crippen molar-refractivity contribution in [3.8, 4) is 0 Å². The molecule has 0 N–H and O–H groups in total. The van der Waals surface area contributed by atoms with Gasteiger partial charge < -0.3 is 4.57 Å². The minimum Gasteiger partial charge on any atom is -0.337 e. The van der Waals surface area contributed by atoms with E-state index in [9.17, 15) is 0 Å². The highest BCUT2D eigenvalue weighted by Gasteiger charge is 2.13. The molecule has 2 rings (SSSR count). The largest absolute Gasteiger partial charge is 0.337 e. The van der Waals surface area contributed by atoms with Gasteiger partial charge in [0.1, 0.15) is 0 Å². The average Bonchev–Trinajstić information content (AvgIpc) is 2.59. The van der Waals surface area contributed by atoms with Crippen molar-refractivity contribution >= 4 is 23.2 Å². The van der Waals surface area contributed by atoms with Gasteiger partial charge in [0.15, 0.2) is 0 Å². The molecule has 0 saturated carbocycles. The van der Waals surface area contributed by atoms with Crippen LogP contribution in [0.15, 0.2) is 24.5 Å². The van der Waals surface area contributed by atoms with E-state index in [0.29, 0.717) is 16.0 Å². The van der Waals surface area contributed by atoms with Crippen LogP contribution in [0.1, 0.15) is 36.7 Å². The summed E-state index contributed by atoms with van der Waals surface area (Å²) in [6, 6.07) is 5.65. The van der Waals surface area contributed by atoms with Crippen molar-refractivity contribution in [3.63, 3.8) is 0 Å². The summed E-state index contributed by atoms with van der Waals surface area (Å²) in [4.78, 5) is 4.45. The van der Waals surface area contributed by atoms with E-state index < -0.39 is 0 Å². The van der Waals surface area contributed by atoms with Gasteiger partial charge in [-0.3, -0.25) is 0 Å². The van der Waals surface area contributed by atoms with E-state index in [1.165, 1.54) is 5.69 Å². The number of rotatable bonds is 3. The Morgan fingerprint density at radius 3 is 2.33 bits per heavy atom. The Kier molecular flexibility index (Phi) is 3.98. The molecule has 0 aliphatic carbocycles. The van der Waals surface area contributed by atoms with E-state index in [2.05, 4.69) is 23.4 Å². The fourth-order valence-corrected chi connectivity index (χ4v) is 2.65. The zero-order valence-electron chi connectivity index (χ0n) is 10.7. The van der Waals surface area contributed by atoms with Crippen LogP contribution in [0.5, 0.6) is 0 Å². The van der Waals surface area contributed by atoms with E-state index in [-0.39, 0.29) is 0 Å². The van der Waals surface area contributed by atoms with Crippen molar-refractivity contribution < 1.29 is 0 Å². The number of imidazole rings is 1. The maximum Gasteiger partial charge on any atom is 0.0949 e. The van der Waals surface area contributed by atoms with Crippen molar-refractivity contribution in [3.05, 3.63) is 51.5 Å².